The molecule has 0 atom stereocenters. The number of carbonyl (C=O) groups excluding carboxylic acids is 2. The van der Waals surface area contributed by atoms with Crippen molar-refractivity contribution >= 4 is 11.7 Å². The van der Waals surface area contributed by atoms with Crippen LogP contribution in [0.1, 0.15) is 81.5 Å². The third-order valence-corrected chi connectivity index (χ3v) is 6.09. The van der Waals surface area contributed by atoms with Crippen molar-refractivity contribution in [2.75, 3.05) is 13.7 Å². The van der Waals surface area contributed by atoms with Gasteiger partial charge in [-0.2, -0.15) is 0 Å². The number of ether oxygens (including phenoxy) is 2. The molecule has 154 valence electrons. The maximum Gasteiger partial charge on any atom is 0.223 e. The summed E-state index contributed by atoms with van der Waals surface area (Å²) in [5.41, 5.74) is 0.600. The van der Waals surface area contributed by atoms with E-state index >= 15 is 0 Å². The number of benzene rings is 1. The fraction of sp³-hybridized carbons (Fsp3) is 0.652. The van der Waals surface area contributed by atoms with Crippen molar-refractivity contribution in [3.05, 3.63) is 23.8 Å². The molecule has 2 aliphatic carbocycles. The molecule has 1 aromatic carbocycles. The molecule has 3 rings (SSSR count). The van der Waals surface area contributed by atoms with Crippen molar-refractivity contribution in [2.24, 2.45) is 0 Å². The lowest BCUT2D eigenvalue weighted by Gasteiger charge is -2.35. The molecule has 0 heterocycles. The van der Waals surface area contributed by atoms with Crippen LogP contribution >= 0.6 is 0 Å². The maximum absolute atomic E-state index is 13.0. The molecule has 0 bridgehead atoms. The van der Waals surface area contributed by atoms with Crippen molar-refractivity contribution in [2.45, 2.75) is 83.2 Å². The van der Waals surface area contributed by atoms with E-state index in [0.29, 0.717) is 54.5 Å². The molecule has 5 heteroatoms. The third kappa shape index (κ3) is 5.06. The smallest absolute Gasteiger partial charge is 0.223 e. The first kappa shape index (κ1) is 20.7. The molecular formula is C23H33NO4. The lowest BCUT2D eigenvalue weighted by atomic mass is 10.1. The Bertz CT molecular complexity index is 659. The molecule has 0 aromatic heterocycles. The number of Topliss-reactive ketones (excluding diaryl/α,β-unsaturated/α-hetero) is 1. The van der Waals surface area contributed by atoms with Gasteiger partial charge in [0.25, 0.3) is 0 Å². The molecule has 2 saturated carbocycles. The van der Waals surface area contributed by atoms with E-state index in [9.17, 15) is 9.59 Å². The van der Waals surface area contributed by atoms with Gasteiger partial charge < -0.3 is 14.4 Å². The molecule has 0 spiro atoms. The van der Waals surface area contributed by atoms with E-state index in [0.717, 1.165) is 0 Å². The summed E-state index contributed by atoms with van der Waals surface area (Å²) >= 11 is 0. The van der Waals surface area contributed by atoms with Gasteiger partial charge in [0.05, 0.1) is 13.7 Å². The van der Waals surface area contributed by atoms with E-state index in [1.54, 1.807) is 25.3 Å². The van der Waals surface area contributed by atoms with Gasteiger partial charge >= 0.3 is 0 Å². The summed E-state index contributed by atoms with van der Waals surface area (Å²) in [6.07, 6.45) is 10.9. The molecule has 5 nitrogen and oxygen atoms in total. The topological polar surface area (TPSA) is 55.8 Å². The summed E-state index contributed by atoms with van der Waals surface area (Å²) in [7, 11) is 1.57. The standard InChI is InChI=1S/C23H33NO4/c1-17(25)18-13-14-21(22(16-18)27-2)28-15-7-12-23(26)24(19-8-3-4-9-19)20-10-5-6-11-20/h13-14,16,19-20H,3-12,15H2,1-2H3. The number of hydrogen-bond donors (Lipinski definition) is 0. The van der Waals surface area contributed by atoms with E-state index in [-0.39, 0.29) is 5.78 Å². The number of ketones is 1. The Balaban J connectivity index is 1.52. The zero-order valence-electron chi connectivity index (χ0n) is 17.2. The SMILES string of the molecule is COc1cc(C(C)=O)ccc1OCCCC(=O)N(C1CCCC1)C1CCCC1. The molecule has 2 fully saturated rings. The zero-order chi connectivity index (χ0) is 19.9. The van der Waals surface area contributed by atoms with Crippen LogP contribution in [0.25, 0.3) is 0 Å². The Morgan fingerprint density at radius 1 is 1.00 bits per heavy atom. The van der Waals surface area contributed by atoms with Crippen LogP contribution in [0.2, 0.25) is 0 Å². The van der Waals surface area contributed by atoms with Gasteiger partial charge in [0, 0.05) is 24.1 Å². The lowest BCUT2D eigenvalue weighted by molar-refractivity contribution is -0.136. The van der Waals surface area contributed by atoms with Gasteiger partial charge in [-0.3, -0.25) is 9.59 Å². The van der Waals surface area contributed by atoms with Crippen molar-refractivity contribution in [1.82, 2.24) is 4.90 Å². The quantitative estimate of drug-likeness (QED) is 0.452. The van der Waals surface area contributed by atoms with Crippen LogP contribution in [0.15, 0.2) is 18.2 Å². The van der Waals surface area contributed by atoms with Crippen LogP contribution in [0.4, 0.5) is 0 Å². The average Bonchev–Trinajstić information content (AvgIpc) is 3.40. The Morgan fingerprint density at radius 2 is 1.61 bits per heavy atom. The van der Waals surface area contributed by atoms with Crippen LogP contribution in [0.3, 0.4) is 0 Å². The molecule has 2 aliphatic rings. The normalized spacial score (nSPS) is 17.6. The predicted octanol–water partition coefficient (Wildman–Crippen LogP) is 4.77. The van der Waals surface area contributed by atoms with Crippen LogP contribution < -0.4 is 9.47 Å². The maximum atomic E-state index is 13.0. The lowest BCUT2D eigenvalue weighted by Crippen LogP contribution is -2.45. The minimum absolute atomic E-state index is 0.00522. The van der Waals surface area contributed by atoms with Crippen molar-refractivity contribution in [1.29, 1.82) is 0 Å². The third-order valence-electron chi connectivity index (χ3n) is 6.09. The summed E-state index contributed by atoms with van der Waals surface area (Å²) in [6.45, 7) is 1.99. The van der Waals surface area contributed by atoms with Gasteiger partial charge in [-0.25, -0.2) is 0 Å². The summed E-state index contributed by atoms with van der Waals surface area (Å²) in [6, 6.07) is 6.12. The largest absolute Gasteiger partial charge is 0.493 e. The van der Waals surface area contributed by atoms with E-state index in [1.165, 1.54) is 58.3 Å². The fourth-order valence-electron chi connectivity index (χ4n) is 4.61. The Labute approximate surface area is 168 Å². The minimum atomic E-state index is -0.00522. The Hall–Kier alpha value is -2.04. The zero-order valence-corrected chi connectivity index (χ0v) is 17.2. The second-order valence-electron chi connectivity index (χ2n) is 8.05. The molecule has 0 saturated heterocycles. The summed E-state index contributed by atoms with van der Waals surface area (Å²) in [5.74, 6) is 1.46. The molecule has 0 N–H and O–H groups in total. The van der Waals surface area contributed by atoms with Crippen LogP contribution in [-0.2, 0) is 4.79 Å². The first-order valence-corrected chi connectivity index (χ1v) is 10.7. The highest BCUT2D eigenvalue weighted by Crippen LogP contribution is 2.32. The highest BCUT2D eigenvalue weighted by Gasteiger charge is 2.33. The minimum Gasteiger partial charge on any atom is -0.493 e. The first-order chi connectivity index (χ1) is 13.6. The fourth-order valence-corrected chi connectivity index (χ4v) is 4.61. The van der Waals surface area contributed by atoms with Crippen LogP contribution in [-0.4, -0.2) is 42.4 Å². The summed E-state index contributed by atoms with van der Waals surface area (Å²) in [4.78, 5) is 26.7. The van der Waals surface area contributed by atoms with E-state index in [4.69, 9.17) is 9.47 Å². The Kier molecular flexibility index (Phi) is 7.35. The number of methoxy groups -OCH3 is 1. The molecule has 0 aliphatic heterocycles. The number of nitrogens with zero attached hydrogens (tertiary/aromatic N) is 1. The highest BCUT2D eigenvalue weighted by atomic mass is 16.5. The molecular weight excluding hydrogens is 354 g/mol. The molecule has 0 radical (unpaired) electrons. The molecule has 28 heavy (non-hydrogen) atoms. The molecule has 1 aromatic rings. The van der Waals surface area contributed by atoms with Gasteiger partial charge in [-0.15, -0.1) is 0 Å². The van der Waals surface area contributed by atoms with Crippen LogP contribution in [0.5, 0.6) is 11.5 Å². The molecule has 1 amide bonds. The first-order valence-electron chi connectivity index (χ1n) is 10.7. The number of carbonyl (C=O) groups is 2. The summed E-state index contributed by atoms with van der Waals surface area (Å²) in [5, 5.41) is 0. The number of amides is 1. The van der Waals surface area contributed by atoms with E-state index in [1.807, 2.05) is 0 Å². The predicted molar refractivity (Wildman–Crippen MR) is 109 cm³/mol. The van der Waals surface area contributed by atoms with Gasteiger partial charge in [0.1, 0.15) is 0 Å². The summed E-state index contributed by atoms with van der Waals surface area (Å²) < 4.78 is 11.2. The van der Waals surface area contributed by atoms with Crippen molar-refractivity contribution in [3.8, 4) is 11.5 Å². The second-order valence-corrected chi connectivity index (χ2v) is 8.05. The number of rotatable bonds is 9. The van der Waals surface area contributed by atoms with Crippen molar-refractivity contribution < 1.29 is 19.1 Å². The molecule has 0 unspecified atom stereocenters. The van der Waals surface area contributed by atoms with Crippen LogP contribution in [0, 0.1) is 0 Å². The van der Waals surface area contributed by atoms with E-state index in [2.05, 4.69) is 4.90 Å². The van der Waals surface area contributed by atoms with E-state index < -0.39 is 0 Å². The second kappa shape index (κ2) is 9.94. The van der Waals surface area contributed by atoms with Gasteiger partial charge in [0.2, 0.25) is 5.91 Å². The van der Waals surface area contributed by atoms with Crippen molar-refractivity contribution in [3.63, 3.8) is 0 Å². The Morgan fingerprint density at radius 3 is 2.14 bits per heavy atom. The number of hydrogen-bond acceptors (Lipinski definition) is 4. The van der Waals surface area contributed by atoms with Gasteiger partial charge in [-0.1, -0.05) is 25.7 Å². The van der Waals surface area contributed by atoms with Gasteiger partial charge in [-0.05, 0) is 57.2 Å². The monoisotopic (exact) mass is 387 g/mol. The highest BCUT2D eigenvalue weighted by molar-refractivity contribution is 5.94. The average molecular weight is 388 g/mol. The van der Waals surface area contributed by atoms with Gasteiger partial charge in [0.15, 0.2) is 17.3 Å².